The van der Waals surface area contributed by atoms with Crippen LogP contribution in [-0.4, -0.2) is 18.7 Å². The van der Waals surface area contributed by atoms with Crippen LogP contribution >= 0.6 is 12.2 Å². The smallest absolute Gasteiger partial charge is 0.166 e. The van der Waals surface area contributed by atoms with Crippen LogP contribution in [0.5, 0.6) is 0 Å². The predicted octanol–water partition coefficient (Wildman–Crippen LogP) is 2.05. The Hall–Kier alpha value is -0.310. The number of rotatable bonds is 2. The summed E-state index contributed by atoms with van der Waals surface area (Å²) in [5.41, 5.74) is 0.471. The van der Waals surface area contributed by atoms with E-state index in [1.54, 1.807) is 0 Å². The quantitative estimate of drug-likeness (QED) is 0.667. The van der Waals surface area contributed by atoms with Gasteiger partial charge >= 0.3 is 0 Å². The molecule has 0 aliphatic heterocycles. The van der Waals surface area contributed by atoms with Gasteiger partial charge in [-0.3, -0.25) is 0 Å². The molecule has 0 aromatic heterocycles. The third-order valence-electron chi connectivity index (χ3n) is 2.96. The summed E-state index contributed by atoms with van der Waals surface area (Å²) >= 11 is 5.05. The lowest BCUT2D eigenvalue weighted by molar-refractivity contribution is 0.218. The van der Waals surface area contributed by atoms with Crippen LogP contribution < -0.4 is 10.6 Å². The minimum Gasteiger partial charge on any atom is -0.366 e. The van der Waals surface area contributed by atoms with E-state index in [2.05, 4.69) is 17.6 Å². The normalized spacial score (nSPS) is 20.8. The Morgan fingerprint density at radius 2 is 1.92 bits per heavy atom. The number of hydrogen-bond donors (Lipinski definition) is 2. The fraction of sp³-hybridized carbons (Fsp3) is 0.900. The largest absolute Gasteiger partial charge is 0.366 e. The van der Waals surface area contributed by atoms with Crippen LogP contribution in [0.25, 0.3) is 0 Å². The van der Waals surface area contributed by atoms with Crippen molar-refractivity contribution >= 4 is 17.3 Å². The van der Waals surface area contributed by atoms with Crippen LogP contribution in [0.2, 0.25) is 0 Å². The Morgan fingerprint density at radius 3 is 2.46 bits per heavy atom. The SMILES string of the molecule is CNC(=S)NCC1(C)CCCCC1. The molecule has 0 heterocycles. The fourth-order valence-corrected chi connectivity index (χ4v) is 2.04. The lowest BCUT2D eigenvalue weighted by atomic mass is 9.76. The highest BCUT2D eigenvalue weighted by Crippen LogP contribution is 2.34. The first-order chi connectivity index (χ1) is 6.16. The zero-order valence-corrected chi connectivity index (χ0v) is 9.47. The van der Waals surface area contributed by atoms with Crippen LogP contribution in [0.1, 0.15) is 39.0 Å². The highest BCUT2D eigenvalue weighted by atomic mass is 32.1. The van der Waals surface area contributed by atoms with Crippen LogP contribution in [0.15, 0.2) is 0 Å². The zero-order chi connectivity index (χ0) is 9.73. The van der Waals surface area contributed by atoms with Gasteiger partial charge in [0.05, 0.1) is 0 Å². The van der Waals surface area contributed by atoms with E-state index in [0.717, 1.165) is 11.7 Å². The topological polar surface area (TPSA) is 24.1 Å². The summed E-state index contributed by atoms with van der Waals surface area (Å²) in [4.78, 5) is 0. The van der Waals surface area contributed by atoms with E-state index in [9.17, 15) is 0 Å². The van der Waals surface area contributed by atoms with Crippen molar-refractivity contribution in [2.45, 2.75) is 39.0 Å². The van der Waals surface area contributed by atoms with Crippen LogP contribution in [0.3, 0.4) is 0 Å². The molecule has 13 heavy (non-hydrogen) atoms. The Labute approximate surface area is 86.5 Å². The minimum atomic E-state index is 0.471. The van der Waals surface area contributed by atoms with E-state index in [1.165, 1.54) is 32.1 Å². The van der Waals surface area contributed by atoms with Gasteiger partial charge in [0.25, 0.3) is 0 Å². The Bertz CT molecular complexity index is 174. The molecule has 0 bridgehead atoms. The molecule has 0 radical (unpaired) electrons. The summed E-state index contributed by atoms with van der Waals surface area (Å²) in [7, 11) is 1.86. The van der Waals surface area contributed by atoms with Crippen molar-refractivity contribution in [3.8, 4) is 0 Å². The average Bonchev–Trinajstić information content (AvgIpc) is 2.15. The maximum Gasteiger partial charge on any atom is 0.166 e. The standard InChI is InChI=1S/C10H20N2S/c1-10(6-4-3-5-7-10)8-12-9(13)11-2/h3-8H2,1-2H3,(H2,11,12,13). The zero-order valence-electron chi connectivity index (χ0n) is 8.65. The van der Waals surface area contributed by atoms with Crippen LogP contribution in [0, 0.1) is 5.41 Å². The molecule has 2 nitrogen and oxygen atoms in total. The van der Waals surface area contributed by atoms with E-state index in [-0.39, 0.29) is 0 Å². The third kappa shape index (κ3) is 3.51. The van der Waals surface area contributed by atoms with Crippen LogP contribution in [0.4, 0.5) is 0 Å². The lowest BCUT2D eigenvalue weighted by Crippen LogP contribution is -2.40. The van der Waals surface area contributed by atoms with Gasteiger partial charge in [0.2, 0.25) is 0 Å². The molecule has 0 atom stereocenters. The van der Waals surface area contributed by atoms with E-state index in [0.29, 0.717) is 5.41 Å². The molecule has 0 unspecified atom stereocenters. The van der Waals surface area contributed by atoms with Crippen molar-refractivity contribution < 1.29 is 0 Å². The molecule has 76 valence electrons. The molecule has 0 spiro atoms. The summed E-state index contributed by atoms with van der Waals surface area (Å²) in [6.45, 7) is 3.38. The van der Waals surface area contributed by atoms with Gasteiger partial charge in [0.1, 0.15) is 0 Å². The summed E-state index contributed by atoms with van der Waals surface area (Å²) in [5, 5.41) is 6.98. The van der Waals surface area contributed by atoms with Crippen molar-refractivity contribution in [2.75, 3.05) is 13.6 Å². The first kappa shape index (κ1) is 10.8. The van der Waals surface area contributed by atoms with Crippen molar-refractivity contribution in [2.24, 2.45) is 5.41 Å². The van der Waals surface area contributed by atoms with Crippen molar-refractivity contribution in [1.82, 2.24) is 10.6 Å². The fourth-order valence-electron chi connectivity index (χ4n) is 1.96. The number of thiocarbonyl (C=S) groups is 1. The molecular formula is C10H20N2S. The molecule has 0 amide bonds. The second-order valence-electron chi connectivity index (χ2n) is 4.30. The Morgan fingerprint density at radius 1 is 1.31 bits per heavy atom. The lowest BCUT2D eigenvalue weighted by Gasteiger charge is -2.33. The molecule has 1 rings (SSSR count). The van der Waals surface area contributed by atoms with Crippen LogP contribution in [-0.2, 0) is 0 Å². The Kier molecular flexibility index (Phi) is 3.97. The molecule has 2 N–H and O–H groups in total. The Balaban J connectivity index is 2.28. The maximum absolute atomic E-state index is 5.05. The van der Waals surface area contributed by atoms with E-state index in [1.807, 2.05) is 7.05 Å². The highest BCUT2D eigenvalue weighted by molar-refractivity contribution is 7.80. The first-order valence-electron chi connectivity index (χ1n) is 5.12. The summed E-state index contributed by atoms with van der Waals surface area (Å²) in [6.07, 6.45) is 6.85. The van der Waals surface area contributed by atoms with Gasteiger partial charge in [0, 0.05) is 13.6 Å². The summed E-state index contributed by atoms with van der Waals surface area (Å²) in [6, 6.07) is 0. The highest BCUT2D eigenvalue weighted by Gasteiger charge is 2.26. The van der Waals surface area contributed by atoms with Gasteiger partial charge in [-0.15, -0.1) is 0 Å². The summed E-state index contributed by atoms with van der Waals surface area (Å²) < 4.78 is 0. The van der Waals surface area contributed by atoms with Gasteiger partial charge < -0.3 is 10.6 Å². The predicted molar refractivity (Wildman–Crippen MR) is 60.9 cm³/mol. The average molecular weight is 200 g/mol. The molecule has 0 aromatic rings. The molecule has 1 aliphatic rings. The minimum absolute atomic E-state index is 0.471. The molecule has 3 heteroatoms. The molecule has 1 saturated carbocycles. The van der Waals surface area contributed by atoms with Gasteiger partial charge in [-0.2, -0.15) is 0 Å². The second-order valence-corrected chi connectivity index (χ2v) is 4.71. The van der Waals surface area contributed by atoms with E-state index >= 15 is 0 Å². The van der Waals surface area contributed by atoms with Gasteiger partial charge in [-0.25, -0.2) is 0 Å². The molecule has 1 fully saturated rings. The van der Waals surface area contributed by atoms with Gasteiger partial charge in [-0.1, -0.05) is 26.2 Å². The van der Waals surface area contributed by atoms with E-state index < -0.39 is 0 Å². The molecule has 0 saturated heterocycles. The number of hydrogen-bond acceptors (Lipinski definition) is 1. The molecule has 1 aliphatic carbocycles. The van der Waals surface area contributed by atoms with E-state index in [4.69, 9.17) is 12.2 Å². The molecule has 0 aromatic carbocycles. The van der Waals surface area contributed by atoms with Crippen molar-refractivity contribution in [3.05, 3.63) is 0 Å². The maximum atomic E-state index is 5.05. The second kappa shape index (κ2) is 4.80. The van der Waals surface area contributed by atoms with Crippen molar-refractivity contribution in [3.63, 3.8) is 0 Å². The van der Waals surface area contributed by atoms with Gasteiger partial charge in [0.15, 0.2) is 5.11 Å². The monoisotopic (exact) mass is 200 g/mol. The van der Waals surface area contributed by atoms with Gasteiger partial charge in [-0.05, 0) is 30.5 Å². The number of nitrogens with one attached hydrogen (secondary N) is 2. The first-order valence-corrected chi connectivity index (χ1v) is 5.53. The molecular weight excluding hydrogens is 180 g/mol. The van der Waals surface area contributed by atoms with Crippen molar-refractivity contribution in [1.29, 1.82) is 0 Å². The third-order valence-corrected chi connectivity index (χ3v) is 3.31. The summed E-state index contributed by atoms with van der Waals surface area (Å²) in [5.74, 6) is 0.